The number of carbonyl (C=O) groups is 1. The van der Waals surface area contributed by atoms with Gasteiger partial charge in [0.1, 0.15) is 0 Å². The number of hydrogen-bond donors (Lipinski definition) is 0. The Morgan fingerprint density at radius 1 is 1.10 bits per heavy atom. The zero-order valence-corrected chi connectivity index (χ0v) is 13.2. The molecule has 0 aliphatic rings. The van der Waals surface area contributed by atoms with Crippen molar-refractivity contribution in [3.63, 3.8) is 0 Å². The molecule has 2 aromatic rings. The van der Waals surface area contributed by atoms with E-state index in [0.29, 0.717) is 27.1 Å². The number of benzene rings is 2. The average molecular weight is 325 g/mol. The van der Waals surface area contributed by atoms with E-state index in [1.54, 1.807) is 36.4 Å². The van der Waals surface area contributed by atoms with Gasteiger partial charge in [-0.15, -0.1) is 0 Å². The molecule has 0 atom stereocenters. The van der Waals surface area contributed by atoms with E-state index in [1.807, 2.05) is 0 Å². The number of para-hydroxylation sites is 1. The van der Waals surface area contributed by atoms with E-state index in [1.165, 1.54) is 14.2 Å². The van der Waals surface area contributed by atoms with Crippen LogP contribution >= 0.6 is 23.2 Å². The average Bonchev–Trinajstić information content (AvgIpc) is 2.49. The first-order valence-electron chi connectivity index (χ1n) is 6.25. The summed E-state index contributed by atoms with van der Waals surface area (Å²) in [6.45, 7) is 0. The fourth-order valence-corrected chi connectivity index (χ4v) is 2.52. The molecule has 0 N–H and O–H groups in total. The van der Waals surface area contributed by atoms with Crippen LogP contribution in [0, 0.1) is 0 Å². The maximum absolute atomic E-state index is 12.5. The van der Waals surface area contributed by atoms with Gasteiger partial charge in [-0.25, -0.2) is 0 Å². The van der Waals surface area contributed by atoms with Crippen molar-refractivity contribution in [3.8, 4) is 11.5 Å². The maximum atomic E-state index is 12.5. The highest BCUT2D eigenvalue weighted by Gasteiger charge is 2.17. The van der Waals surface area contributed by atoms with Gasteiger partial charge in [-0.2, -0.15) is 0 Å². The largest absolute Gasteiger partial charge is 0.493 e. The Hall–Kier alpha value is -1.71. The number of ketones is 1. The van der Waals surface area contributed by atoms with Gasteiger partial charge in [0, 0.05) is 16.5 Å². The Morgan fingerprint density at radius 3 is 2.48 bits per heavy atom. The number of ether oxygens (including phenoxy) is 2. The van der Waals surface area contributed by atoms with Crippen molar-refractivity contribution in [2.45, 2.75) is 6.42 Å². The van der Waals surface area contributed by atoms with Crippen molar-refractivity contribution >= 4 is 29.0 Å². The van der Waals surface area contributed by atoms with Gasteiger partial charge in [0.2, 0.25) is 0 Å². The molecule has 3 nitrogen and oxygen atoms in total. The molecule has 0 unspecified atom stereocenters. The third-order valence-corrected chi connectivity index (χ3v) is 3.66. The predicted octanol–water partition coefficient (Wildman–Crippen LogP) is 4.44. The van der Waals surface area contributed by atoms with Crippen LogP contribution in [-0.4, -0.2) is 20.0 Å². The van der Waals surface area contributed by atoms with E-state index in [2.05, 4.69) is 0 Å². The van der Waals surface area contributed by atoms with Crippen molar-refractivity contribution in [1.29, 1.82) is 0 Å². The lowest BCUT2D eigenvalue weighted by molar-refractivity contribution is 0.0989. The minimum Gasteiger partial charge on any atom is -0.493 e. The number of rotatable bonds is 5. The smallest absolute Gasteiger partial charge is 0.171 e. The third kappa shape index (κ3) is 3.49. The Kier molecular flexibility index (Phi) is 5.10. The van der Waals surface area contributed by atoms with Crippen LogP contribution in [0.2, 0.25) is 10.0 Å². The van der Waals surface area contributed by atoms with Crippen LogP contribution in [0.15, 0.2) is 36.4 Å². The van der Waals surface area contributed by atoms with E-state index in [0.717, 1.165) is 5.56 Å². The second-order valence-corrected chi connectivity index (χ2v) is 5.22. The SMILES string of the molecule is COc1cccc(C(=O)Cc2ccc(Cl)cc2Cl)c1OC. The monoisotopic (exact) mass is 324 g/mol. The zero-order chi connectivity index (χ0) is 15.4. The first kappa shape index (κ1) is 15.7. The number of halogens is 2. The number of hydrogen-bond acceptors (Lipinski definition) is 3. The Labute approximate surface area is 133 Å². The highest BCUT2D eigenvalue weighted by Crippen LogP contribution is 2.32. The molecule has 0 aliphatic heterocycles. The number of Topliss-reactive ketones (excluding diaryl/α,β-unsaturated/α-hetero) is 1. The topological polar surface area (TPSA) is 35.5 Å². The van der Waals surface area contributed by atoms with Gasteiger partial charge in [0.05, 0.1) is 19.8 Å². The van der Waals surface area contributed by atoms with Crippen LogP contribution in [0.3, 0.4) is 0 Å². The fourth-order valence-electron chi connectivity index (χ4n) is 2.04. The molecule has 0 saturated heterocycles. The van der Waals surface area contributed by atoms with Gasteiger partial charge in [-0.1, -0.05) is 35.3 Å². The Balaban J connectivity index is 2.32. The fraction of sp³-hybridized carbons (Fsp3) is 0.188. The summed E-state index contributed by atoms with van der Waals surface area (Å²) in [5, 5.41) is 1.01. The van der Waals surface area contributed by atoms with Crippen LogP contribution in [0.4, 0.5) is 0 Å². The molecular formula is C16H14Cl2O3. The van der Waals surface area contributed by atoms with Gasteiger partial charge >= 0.3 is 0 Å². The lowest BCUT2D eigenvalue weighted by Gasteiger charge is -2.12. The standard InChI is InChI=1S/C16H14Cl2O3/c1-20-15-5-3-4-12(16(15)21-2)14(19)8-10-6-7-11(17)9-13(10)18/h3-7,9H,8H2,1-2H3. The molecule has 110 valence electrons. The summed E-state index contributed by atoms with van der Waals surface area (Å²) < 4.78 is 10.5. The molecule has 0 saturated carbocycles. The van der Waals surface area contributed by atoms with E-state index in [-0.39, 0.29) is 12.2 Å². The molecule has 21 heavy (non-hydrogen) atoms. The van der Waals surface area contributed by atoms with E-state index < -0.39 is 0 Å². The molecule has 0 bridgehead atoms. The van der Waals surface area contributed by atoms with Gasteiger partial charge in [-0.05, 0) is 29.8 Å². The summed E-state index contributed by atoms with van der Waals surface area (Å²) in [5.74, 6) is 0.843. The van der Waals surface area contributed by atoms with Crippen molar-refractivity contribution < 1.29 is 14.3 Å². The van der Waals surface area contributed by atoms with Crippen LogP contribution in [-0.2, 0) is 6.42 Å². The Bertz CT molecular complexity index is 669. The van der Waals surface area contributed by atoms with E-state index >= 15 is 0 Å². The van der Waals surface area contributed by atoms with Crippen LogP contribution in [0.5, 0.6) is 11.5 Å². The molecule has 0 spiro atoms. The summed E-state index contributed by atoms with van der Waals surface area (Å²) in [6.07, 6.45) is 0.166. The van der Waals surface area contributed by atoms with Crippen molar-refractivity contribution in [2.75, 3.05) is 14.2 Å². The molecular weight excluding hydrogens is 311 g/mol. The quantitative estimate of drug-likeness (QED) is 0.763. The lowest BCUT2D eigenvalue weighted by Crippen LogP contribution is -2.07. The molecule has 5 heteroatoms. The molecule has 0 radical (unpaired) electrons. The second kappa shape index (κ2) is 6.83. The zero-order valence-electron chi connectivity index (χ0n) is 11.7. The lowest BCUT2D eigenvalue weighted by atomic mass is 10.0. The van der Waals surface area contributed by atoms with Crippen LogP contribution < -0.4 is 9.47 Å². The molecule has 2 aromatic carbocycles. The normalized spacial score (nSPS) is 10.3. The number of methoxy groups -OCH3 is 2. The summed E-state index contributed by atoms with van der Waals surface area (Å²) >= 11 is 12.0. The maximum Gasteiger partial charge on any atom is 0.171 e. The third-order valence-electron chi connectivity index (χ3n) is 3.07. The molecule has 0 heterocycles. The minimum atomic E-state index is -0.102. The van der Waals surface area contributed by atoms with Crippen molar-refractivity contribution in [2.24, 2.45) is 0 Å². The van der Waals surface area contributed by atoms with Crippen LogP contribution in [0.1, 0.15) is 15.9 Å². The predicted molar refractivity (Wildman–Crippen MR) is 84.0 cm³/mol. The van der Waals surface area contributed by atoms with E-state index in [4.69, 9.17) is 32.7 Å². The Morgan fingerprint density at radius 2 is 1.86 bits per heavy atom. The highest BCUT2D eigenvalue weighted by molar-refractivity contribution is 6.35. The second-order valence-electron chi connectivity index (χ2n) is 4.38. The first-order valence-corrected chi connectivity index (χ1v) is 7.00. The van der Waals surface area contributed by atoms with Gasteiger partial charge in [-0.3, -0.25) is 4.79 Å². The van der Waals surface area contributed by atoms with Gasteiger partial charge in [0.15, 0.2) is 17.3 Å². The van der Waals surface area contributed by atoms with E-state index in [9.17, 15) is 4.79 Å². The van der Waals surface area contributed by atoms with Crippen molar-refractivity contribution in [1.82, 2.24) is 0 Å². The summed E-state index contributed by atoms with van der Waals surface area (Å²) in [4.78, 5) is 12.5. The molecule has 0 aliphatic carbocycles. The van der Waals surface area contributed by atoms with Gasteiger partial charge in [0.25, 0.3) is 0 Å². The summed E-state index contributed by atoms with van der Waals surface area (Å²) in [5.41, 5.74) is 1.18. The summed E-state index contributed by atoms with van der Waals surface area (Å²) in [7, 11) is 3.03. The molecule has 0 aromatic heterocycles. The van der Waals surface area contributed by atoms with Crippen molar-refractivity contribution in [3.05, 3.63) is 57.6 Å². The number of carbonyl (C=O) groups excluding carboxylic acids is 1. The molecule has 0 fully saturated rings. The summed E-state index contributed by atoms with van der Waals surface area (Å²) in [6, 6.07) is 10.3. The molecule has 2 rings (SSSR count). The minimum absolute atomic E-state index is 0.102. The molecule has 0 amide bonds. The highest BCUT2D eigenvalue weighted by atomic mass is 35.5. The van der Waals surface area contributed by atoms with Crippen LogP contribution in [0.25, 0.3) is 0 Å². The van der Waals surface area contributed by atoms with Gasteiger partial charge < -0.3 is 9.47 Å². The first-order chi connectivity index (χ1) is 10.1.